The first-order valence-electron chi connectivity index (χ1n) is 7.75. The molecule has 0 bridgehead atoms. The van der Waals surface area contributed by atoms with Gasteiger partial charge in [0.1, 0.15) is 5.75 Å². The molecular weight excluding hydrogens is 336 g/mol. The molecule has 0 saturated heterocycles. The number of benzene rings is 2. The van der Waals surface area contributed by atoms with Crippen LogP contribution in [0.5, 0.6) is 11.7 Å². The second kappa shape index (κ2) is 6.60. The number of furan rings is 2. The largest absolute Gasteiger partial charge is 0.457 e. The first-order valence-corrected chi connectivity index (χ1v) is 7.75. The number of carbonyl (C=O) groups excluding carboxylic acids is 2. The van der Waals surface area contributed by atoms with Crippen LogP contribution >= 0.6 is 0 Å². The van der Waals surface area contributed by atoms with Crippen LogP contribution in [-0.4, -0.2) is 11.9 Å². The van der Waals surface area contributed by atoms with E-state index in [1.165, 1.54) is 18.6 Å². The second-order valence-corrected chi connectivity index (χ2v) is 5.35. The maximum Gasteiger partial charge on any atom is 0.379 e. The molecule has 0 atom stereocenters. The lowest BCUT2D eigenvalue weighted by molar-refractivity contribution is 0.0691. The lowest BCUT2D eigenvalue weighted by atomic mass is 10.0. The van der Waals surface area contributed by atoms with E-state index in [1.807, 2.05) is 0 Å². The van der Waals surface area contributed by atoms with E-state index in [0.29, 0.717) is 22.1 Å². The number of ether oxygens (including phenoxy) is 2. The summed E-state index contributed by atoms with van der Waals surface area (Å²) in [7, 11) is 0. The normalized spacial score (nSPS) is 10.6. The molecule has 128 valence electrons. The molecular formula is C20H12O6. The van der Waals surface area contributed by atoms with Gasteiger partial charge in [-0.3, -0.25) is 0 Å². The quantitative estimate of drug-likeness (QED) is 0.400. The molecule has 0 saturated carbocycles. The molecule has 6 nitrogen and oxygen atoms in total. The van der Waals surface area contributed by atoms with E-state index < -0.39 is 11.9 Å². The Labute approximate surface area is 147 Å². The van der Waals surface area contributed by atoms with Crippen molar-refractivity contribution in [2.45, 2.75) is 0 Å². The van der Waals surface area contributed by atoms with Crippen molar-refractivity contribution in [2.75, 3.05) is 0 Å². The molecule has 0 aliphatic carbocycles. The molecule has 0 aliphatic rings. The summed E-state index contributed by atoms with van der Waals surface area (Å²) < 4.78 is 20.7. The van der Waals surface area contributed by atoms with E-state index >= 15 is 0 Å². The Balaban J connectivity index is 1.69. The minimum atomic E-state index is -0.619. The fourth-order valence-corrected chi connectivity index (χ4v) is 2.56. The first-order chi connectivity index (χ1) is 12.7. The average Bonchev–Trinajstić information content (AvgIpc) is 3.35. The van der Waals surface area contributed by atoms with Crippen molar-refractivity contribution >= 4 is 22.7 Å². The van der Waals surface area contributed by atoms with Gasteiger partial charge in [0, 0.05) is 11.5 Å². The number of carbonyl (C=O) groups is 2. The lowest BCUT2D eigenvalue weighted by Crippen LogP contribution is -2.10. The molecule has 2 aromatic carbocycles. The van der Waals surface area contributed by atoms with Gasteiger partial charge in [0.15, 0.2) is 0 Å². The Kier molecular flexibility index (Phi) is 3.99. The highest BCUT2D eigenvalue weighted by molar-refractivity contribution is 6.07. The third kappa shape index (κ3) is 2.95. The molecule has 26 heavy (non-hydrogen) atoms. The topological polar surface area (TPSA) is 78.9 Å². The lowest BCUT2D eigenvalue weighted by Gasteiger charge is -2.09. The van der Waals surface area contributed by atoms with Crippen LogP contribution in [-0.2, 0) is 0 Å². The maximum absolute atomic E-state index is 12.4. The second-order valence-electron chi connectivity index (χ2n) is 5.35. The van der Waals surface area contributed by atoms with Crippen LogP contribution in [0.1, 0.15) is 20.9 Å². The van der Waals surface area contributed by atoms with Crippen LogP contribution in [0.3, 0.4) is 0 Å². The van der Waals surface area contributed by atoms with E-state index in [0.717, 1.165) is 0 Å². The van der Waals surface area contributed by atoms with Crippen molar-refractivity contribution in [1.82, 2.24) is 0 Å². The van der Waals surface area contributed by atoms with E-state index in [2.05, 4.69) is 0 Å². The summed E-state index contributed by atoms with van der Waals surface area (Å²) in [5, 5.41) is 1.19. The molecule has 0 aliphatic heterocycles. The standard InChI is InChI=1S/C20H12O6/c21-19(26-18-10-4-12-24-18)15-7-1-6-14-13(15)5-2-8-16(14)25-20(22)17-9-3-11-23-17/h1-12H. The van der Waals surface area contributed by atoms with Crippen LogP contribution in [0, 0.1) is 0 Å². The van der Waals surface area contributed by atoms with Gasteiger partial charge in [-0.15, -0.1) is 0 Å². The van der Waals surface area contributed by atoms with Gasteiger partial charge >= 0.3 is 11.9 Å². The third-order valence-corrected chi connectivity index (χ3v) is 3.72. The van der Waals surface area contributed by atoms with Crippen molar-refractivity contribution in [1.29, 1.82) is 0 Å². The van der Waals surface area contributed by atoms with Crippen molar-refractivity contribution in [3.05, 3.63) is 84.5 Å². The number of esters is 2. The highest BCUT2D eigenvalue weighted by Gasteiger charge is 2.17. The molecule has 2 aromatic heterocycles. The van der Waals surface area contributed by atoms with Gasteiger partial charge in [-0.1, -0.05) is 24.3 Å². The molecule has 0 N–H and O–H groups in total. The zero-order valence-electron chi connectivity index (χ0n) is 13.4. The monoisotopic (exact) mass is 348 g/mol. The highest BCUT2D eigenvalue weighted by Crippen LogP contribution is 2.29. The molecule has 4 rings (SSSR count). The molecule has 0 radical (unpaired) electrons. The minimum Gasteiger partial charge on any atom is -0.457 e. The summed E-state index contributed by atoms with van der Waals surface area (Å²) in [4.78, 5) is 24.6. The van der Waals surface area contributed by atoms with Gasteiger partial charge in [-0.2, -0.15) is 0 Å². The van der Waals surface area contributed by atoms with Crippen molar-refractivity contribution < 1.29 is 27.9 Å². The molecule has 2 heterocycles. The zero-order valence-corrected chi connectivity index (χ0v) is 13.4. The van der Waals surface area contributed by atoms with Crippen LogP contribution in [0.4, 0.5) is 0 Å². The Bertz CT molecular complexity index is 1060. The van der Waals surface area contributed by atoms with Crippen LogP contribution < -0.4 is 9.47 Å². The Morgan fingerprint density at radius 1 is 0.692 bits per heavy atom. The highest BCUT2D eigenvalue weighted by atomic mass is 16.6. The van der Waals surface area contributed by atoms with Gasteiger partial charge in [-0.05, 0) is 35.7 Å². The molecule has 0 fully saturated rings. The maximum atomic E-state index is 12.4. The van der Waals surface area contributed by atoms with E-state index in [4.69, 9.17) is 18.3 Å². The summed E-state index contributed by atoms with van der Waals surface area (Å²) in [6.45, 7) is 0. The fourth-order valence-electron chi connectivity index (χ4n) is 2.56. The first kappa shape index (κ1) is 15.7. The number of hydrogen-bond donors (Lipinski definition) is 0. The van der Waals surface area contributed by atoms with Crippen LogP contribution in [0.25, 0.3) is 10.8 Å². The van der Waals surface area contributed by atoms with E-state index in [9.17, 15) is 9.59 Å². The third-order valence-electron chi connectivity index (χ3n) is 3.72. The van der Waals surface area contributed by atoms with Gasteiger partial charge in [-0.25, -0.2) is 9.59 Å². The van der Waals surface area contributed by atoms with Crippen molar-refractivity contribution in [2.24, 2.45) is 0 Å². The summed E-state index contributed by atoms with van der Waals surface area (Å²) in [6.07, 6.45) is 2.81. The molecule has 4 aromatic rings. The molecule has 6 heteroatoms. The van der Waals surface area contributed by atoms with Crippen molar-refractivity contribution in [3.8, 4) is 11.7 Å². The van der Waals surface area contributed by atoms with Crippen molar-refractivity contribution in [3.63, 3.8) is 0 Å². The zero-order chi connectivity index (χ0) is 17.9. The van der Waals surface area contributed by atoms with E-state index in [-0.39, 0.29) is 11.7 Å². The van der Waals surface area contributed by atoms with Gasteiger partial charge in [0.25, 0.3) is 5.95 Å². The Morgan fingerprint density at radius 2 is 1.46 bits per heavy atom. The molecule has 0 spiro atoms. The SMILES string of the molecule is O=C(Oc1cccc2c(C(=O)Oc3ccco3)cccc12)c1ccco1. The number of hydrogen-bond acceptors (Lipinski definition) is 6. The van der Waals surface area contributed by atoms with Gasteiger partial charge < -0.3 is 18.3 Å². The predicted molar refractivity (Wildman–Crippen MR) is 91.3 cm³/mol. The summed E-state index contributed by atoms with van der Waals surface area (Å²) >= 11 is 0. The van der Waals surface area contributed by atoms with Crippen LogP contribution in [0.2, 0.25) is 0 Å². The summed E-state index contributed by atoms with van der Waals surface area (Å²) in [5.74, 6) is -0.675. The van der Waals surface area contributed by atoms with Crippen LogP contribution in [0.15, 0.2) is 82.0 Å². The summed E-state index contributed by atoms with van der Waals surface area (Å²) in [5.41, 5.74) is 0.329. The number of fused-ring (bicyclic) bond motifs is 1. The average molecular weight is 348 g/mol. The summed E-state index contributed by atoms with van der Waals surface area (Å²) in [6, 6.07) is 16.4. The Morgan fingerprint density at radius 3 is 2.23 bits per heavy atom. The van der Waals surface area contributed by atoms with Gasteiger partial charge in [0.05, 0.1) is 18.1 Å². The smallest absolute Gasteiger partial charge is 0.379 e. The van der Waals surface area contributed by atoms with Gasteiger partial charge in [0.2, 0.25) is 5.76 Å². The molecule has 0 unspecified atom stereocenters. The molecule has 0 amide bonds. The Hall–Kier alpha value is -3.80. The van der Waals surface area contributed by atoms with E-state index in [1.54, 1.807) is 54.6 Å². The fraction of sp³-hybridized carbons (Fsp3) is 0. The minimum absolute atomic E-state index is 0.0930. The number of rotatable bonds is 4. The predicted octanol–water partition coefficient (Wildman–Crippen LogP) is 4.46.